The monoisotopic (exact) mass is 589 g/mol. The summed E-state index contributed by atoms with van der Waals surface area (Å²) in [5.41, 5.74) is 3.47. The predicted molar refractivity (Wildman–Crippen MR) is 158 cm³/mol. The molecule has 2 aliphatic heterocycles. The van der Waals surface area contributed by atoms with Crippen molar-refractivity contribution in [2.45, 2.75) is 62.8 Å². The third kappa shape index (κ3) is 5.06. The SMILES string of the molecule is O=C(O)c1ccc2nc(C3(N4CCC(c5ccccc5OCc5ccc(Cl)cc5F)CC4)CC3)n(C[C@@H]3CCO3)c2c1. The van der Waals surface area contributed by atoms with Crippen LogP contribution in [0.5, 0.6) is 5.75 Å². The van der Waals surface area contributed by atoms with Gasteiger partial charge in [-0.05, 0) is 93.1 Å². The van der Waals surface area contributed by atoms with Crippen molar-refractivity contribution in [2.24, 2.45) is 0 Å². The van der Waals surface area contributed by atoms with Gasteiger partial charge in [0.05, 0.1) is 34.8 Å². The number of likely N-dealkylation sites (tertiary alicyclic amines) is 1. The number of imidazole rings is 1. The van der Waals surface area contributed by atoms with Crippen LogP contribution in [0.2, 0.25) is 5.02 Å². The summed E-state index contributed by atoms with van der Waals surface area (Å²) in [6, 6.07) is 18.0. The van der Waals surface area contributed by atoms with E-state index in [1.165, 1.54) is 6.07 Å². The maximum absolute atomic E-state index is 14.3. The molecule has 1 N–H and O–H groups in total. The van der Waals surface area contributed by atoms with Crippen LogP contribution >= 0.6 is 11.6 Å². The number of fused-ring (bicyclic) bond motifs is 1. The third-order valence-corrected chi connectivity index (χ3v) is 9.41. The number of benzene rings is 3. The van der Waals surface area contributed by atoms with Gasteiger partial charge in [-0.1, -0.05) is 35.9 Å². The molecule has 42 heavy (non-hydrogen) atoms. The molecule has 1 atom stereocenters. The molecule has 2 saturated heterocycles. The fourth-order valence-corrected chi connectivity index (χ4v) is 6.75. The van der Waals surface area contributed by atoms with Crippen molar-refractivity contribution in [1.82, 2.24) is 14.5 Å². The average Bonchev–Trinajstić information content (AvgIpc) is 3.70. The normalized spacial score (nSPS) is 20.4. The van der Waals surface area contributed by atoms with Crippen LogP contribution in [0.15, 0.2) is 60.7 Å². The van der Waals surface area contributed by atoms with Crippen LogP contribution < -0.4 is 4.74 Å². The lowest BCUT2D eigenvalue weighted by Crippen LogP contribution is -2.43. The Morgan fingerprint density at radius 2 is 1.88 bits per heavy atom. The maximum Gasteiger partial charge on any atom is 0.335 e. The summed E-state index contributed by atoms with van der Waals surface area (Å²) in [5, 5.41) is 9.99. The maximum atomic E-state index is 14.3. The molecule has 3 heterocycles. The minimum Gasteiger partial charge on any atom is -0.489 e. The second-order valence-electron chi connectivity index (χ2n) is 11.7. The van der Waals surface area contributed by atoms with E-state index in [1.807, 2.05) is 24.3 Å². The molecule has 7 nitrogen and oxygen atoms in total. The summed E-state index contributed by atoms with van der Waals surface area (Å²) >= 11 is 5.91. The first-order valence-electron chi connectivity index (χ1n) is 14.7. The summed E-state index contributed by atoms with van der Waals surface area (Å²) in [7, 11) is 0. The Bertz CT molecular complexity index is 1640. The molecule has 0 radical (unpaired) electrons. The van der Waals surface area contributed by atoms with Gasteiger partial charge in [-0.2, -0.15) is 0 Å². The molecular formula is C33H33ClFN3O4. The number of nitrogens with zero attached hydrogens (tertiary/aromatic N) is 3. The van der Waals surface area contributed by atoms with Crippen LogP contribution in [0.25, 0.3) is 11.0 Å². The molecule has 1 aromatic heterocycles. The quantitative estimate of drug-likeness (QED) is 0.232. The number of piperidine rings is 1. The van der Waals surface area contributed by atoms with Crippen molar-refractivity contribution in [3.8, 4) is 5.75 Å². The van der Waals surface area contributed by atoms with Gasteiger partial charge in [0.15, 0.2) is 0 Å². The number of rotatable bonds is 9. The number of aromatic carboxylic acids is 1. The highest BCUT2D eigenvalue weighted by Gasteiger charge is 2.53. The minimum atomic E-state index is -0.933. The van der Waals surface area contributed by atoms with E-state index >= 15 is 0 Å². The molecule has 218 valence electrons. The van der Waals surface area contributed by atoms with Gasteiger partial charge >= 0.3 is 5.97 Å². The molecular weight excluding hydrogens is 557 g/mol. The molecule has 3 aromatic carbocycles. The lowest BCUT2D eigenvalue weighted by molar-refractivity contribution is -0.0596. The van der Waals surface area contributed by atoms with Crippen molar-refractivity contribution in [3.05, 3.63) is 94.0 Å². The molecule has 4 aromatic rings. The molecule has 9 heteroatoms. The lowest BCUT2D eigenvalue weighted by atomic mass is 9.88. The first kappa shape index (κ1) is 27.4. The highest BCUT2D eigenvalue weighted by atomic mass is 35.5. The molecule has 1 saturated carbocycles. The van der Waals surface area contributed by atoms with Gasteiger partial charge in [0.1, 0.15) is 24.0 Å². The fourth-order valence-electron chi connectivity index (χ4n) is 6.59. The van der Waals surface area contributed by atoms with E-state index in [9.17, 15) is 14.3 Å². The predicted octanol–water partition coefficient (Wildman–Crippen LogP) is 6.76. The molecule has 7 rings (SSSR count). The lowest BCUT2D eigenvalue weighted by Gasteiger charge is -2.39. The molecule has 0 amide bonds. The Morgan fingerprint density at radius 3 is 2.57 bits per heavy atom. The topological polar surface area (TPSA) is 76.8 Å². The Balaban J connectivity index is 1.10. The van der Waals surface area contributed by atoms with Crippen molar-refractivity contribution >= 4 is 28.6 Å². The Labute approximate surface area is 248 Å². The highest BCUT2D eigenvalue weighted by Crippen LogP contribution is 2.53. The van der Waals surface area contributed by atoms with E-state index in [0.29, 0.717) is 23.0 Å². The van der Waals surface area contributed by atoms with Crippen molar-refractivity contribution in [2.75, 3.05) is 19.7 Å². The Hall–Kier alpha value is -3.46. The number of hydrogen-bond donors (Lipinski definition) is 1. The van der Waals surface area contributed by atoms with Gasteiger partial charge in [0.25, 0.3) is 0 Å². The minimum absolute atomic E-state index is 0.133. The number of carbonyl (C=O) groups is 1. The second-order valence-corrected chi connectivity index (χ2v) is 12.1. The molecule has 0 spiro atoms. The van der Waals surface area contributed by atoms with Crippen LogP contribution in [0.1, 0.15) is 65.3 Å². The number of carboxylic acid groups (broad SMARTS) is 1. The van der Waals surface area contributed by atoms with Crippen LogP contribution in [0, 0.1) is 5.82 Å². The summed E-state index contributed by atoms with van der Waals surface area (Å²) in [4.78, 5) is 19.4. The van der Waals surface area contributed by atoms with Crippen molar-refractivity contribution < 1.29 is 23.8 Å². The van der Waals surface area contributed by atoms with Gasteiger partial charge in [-0.25, -0.2) is 14.2 Å². The van der Waals surface area contributed by atoms with Crippen LogP contribution in [0.3, 0.4) is 0 Å². The average molecular weight is 590 g/mol. The van der Waals surface area contributed by atoms with Gasteiger partial charge < -0.3 is 19.1 Å². The fraction of sp³-hybridized carbons (Fsp3) is 0.394. The highest BCUT2D eigenvalue weighted by molar-refractivity contribution is 6.30. The number of aromatic nitrogens is 2. The number of halogens is 2. The smallest absolute Gasteiger partial charge is 0.335 e. The third-order valence-electron chi connectivity index (χ3n) is 9.17. The van der Waals surface area contributed by atoms with Crippen molar-refractivity contribution in [1.29, 1.82) is 0 Å². The van der Waals surface area contributed by atoms with Gasteiger partial charge in [0, 0.05) is 17.2 Å². The van der Waals surface area contributed by atoms with Gasteiger partial charge in [-0.3, -0.25) is 4.90 Å². The zero-order chi connectivity index (χ0) is 28.8. The van der Waals surface area contributed by atoms with Crippen LogP contribution in [-0.4, -0.2) is 51.3 Å². The zero-order valence-electron chi connectivity index (χ0n) is 23.3. The summed E-state index contributed by atoms with van der Waals surface area (Å²) in [6.07, 6.45) is 5.16. The largest absolute Gasteiger partial charge is 0.489 e. The van der Waals surface area contributed by atoms with Crippen LogP contribution in [-0.2, 0) is 23.4 Å². The van der Waals surface area contributed by atoms with Gasteiger partial charge in [-0.15, -0.1) is 0 Å². The van der Waals surface area contributed by atoms with E-state index in [2.05, 4.69) is 15.5 Å². The van der Waals surface area contributed by atoms with E-state index in [-0.39, 0.29) is 29.6 Å². The number of carboxylic acids is 1. The van der Waals surface area contributed by atoms with E-state index < -0.39 is 5.97 Å². The van der Waals surface area contributed by atoms with Gasteiger partial charge in [0.2, 0.25) is 0 Å². The Kier molecular flexibility index (Phi) is 7.16. The molecule has 0 bridgehead atoms. The number of hydrogen-bond acceptors (Lipinski definition) is 5. The molecule has 3 aliphatic rings. The second kappa shape index (κ2) is 11.0. The Morgan fingerprint density at radius 1 is 1.10 bits per heavy atom. The van der Waals surface area contributed by atoms with E-state index in [1.54, 1.807) is 24.3 Å². The van der Waals surface area contributed by atoms with E-state index in [0.717, 1.165) is 80.0 Å². The molecule has 3 fully saturated rings. The summed E-state index contributed by atoms with van der Waals surface area (Å²) < 4.78 is 28.5. The van der Waals surface area contributed by atoms with E-state index in [4.69, 9.17) is 26.1 Å². The molecule has 0 unspecified atom stereocenters. The number of ether oxygens (including phenoxy) is 2. The summed E-state index contributed by atoms with van der Waals surface area (Å²) in [5.74, 6) is 0.864. The first-order chi connectivity index (χ1) is 20.4. The first-order valence-corrected chi connectivity index (χ1v) is 15.1. The number of para-hydroxylation sites is 1. The summed E-state index contributed by atoms with van der Waals surface area (Å²) in [6.45, 7) is 3.45. The zero-order valence-corrected chi connectivity index (χ0v) is 24.0. The van der Waals surface area contributed by atoms with Crippen molar-refractivity contribution in [3.63, 3.8) is 0 Å². The standard InChI is InChI=1S/C33H33ClFN3O4/c34-24-7-5-23(27(35)18-24)20-42-30-4-2-1-3-26(30)21-9-14-37(15-10-21)33(12-13-33)32-36-28-8-6-22(31(39)40)17-29(28)38(32)19-25-11-16-41-25/h1-8,17-18,21,25H,9-16,19-20H2,(H,39,40)/t25-/m0/s1. The molecule has 1 aliphatic carbocycles. The van der Waals surface area contributed by atoms with Crippen LogP contribution in [0.4, 0.5) is 4.39 Å².